The average molecular weight is 375 g/mol. The van der Waals surface area contributed by atoms with Crippen LogP contribution in [0.5, 0.6) is 0 Å². The van der Waals surface area contributed by atoms with Crippen molar-refractivity contribution in [2.75, 3.05) is 11.3 Å². The van der Waals surface area contributed by atoms with Crippen LogP contribution in [-0.4, -0.2) is 25.9 Å². The van der Waals surface area contributed by atoms with Crippen molar-refractivity contribution < 1.29 is 17.6 Å². The molecule has 1 amide bonds. The van der Waals surface area contributed by atoms with Crippen molar-refractivity contribution in [1.29, 1.82) is 0 Å². The van der Waals surface area contributed by atoms with E-state index in [4.69, 9.17) is 0 Å². The summed E-state index contributed by atoms with van der Waals surface area (Å²) in [5.41, 5.74) is 1.41. The number of H-pyrrole nitrogens is 1. The van der Waals surface area contributed by atoms with Gasteiger partial charge in [-0.25, -0.2) is 12.8 Å². The summed E-state index contributed by atoms with van der Waals surface area (Å²) in [6, 6.07) is 10.4. The SMILES string of the molecule is CC(=O)NCCc1c[nH]c2c(NS(=O)(=O)c3ccccc3)cc(F)cc12. The first-order chi connectivity index (χ1) is 12.4. The molecule has 3 aromatic rings. The van der Waals surface area contributed by atoms with Crippen LogP contribution in [0.25, 0.3) is 10.9 Å². The fourth-order valence-electron chi connectivity index (χ4n) is 2.72. The van der Waals surface area contributed by atoms with Crippen LogP contribution in [0.2, 0.25) is 0 Å². The second kappa shape index (κ2) is 7.17. The van der Waals surface area contributed by atoms with Gasteiger partial charge >= 0.3 is 0 Å². The Morgan fingerprint density at radius 2 is 1.92 bits per heavy atom. The topological polar surface area (TPSA) is 91.1 Å². The summed E-state index contributed by atoms with van der Waals surface area (Å²) >= 11 is 0. The van der Waals surface area contributed by atoms with E-state index in [1.165, 1.54) is 25.1 Å². The zero-order valence-electron chi connectivity index (χ0n) is 14.0. The van der Waals surface area contributed by atoms with Crippen LogP contribution >= 0.6 is 0 Å². The lowest BCUT2D eigenvalue weighted by atomic mass is 10.1. The molecule has 1 aromatic heterocycles. The molecule has 0 aliphatic carbocycles. The molecule has 2 aromatic carbocycles. The Kier molecular flexibility index (Phi) is 4.94. The summed E-state index contributed by atoms with van der Waals surface area (Å²) in [6.07, 6.45) is 2.18. The number of aromatic amines is 1. The Hall–Kier alpha value is -2.87. The Labute approximate surface area is 150 Å². The standard InChI is InChI=1S/C18H18FN3O3S/c1-12(23)20-8-7-13-11-21-18-16(13)9-14(19)10-17(18)22-26(24,25)15-5-3-2-4-6-15/h2-6,9-11,21-22H,7-8H2,1H3,(H,20,23). The van der Waals surface area contributed by atoms with Gasteiger partial charge < -0.3 is 10.3 Å². The van der Waals surface area contributed by atoms with E-state index in [9.17, 15) is 17.6 Å². The van der Waals surface area contributed by atoms with E-state index in [0.717, 1.165) is 11.6 Å². The number of benzene rings is 2. The van der Waals surface area contributed by atoms with E-state index in [-0.39, 0.29) is 16.5 Å². The van der Waals surface area contributed by atoms with Gasteiger partial charge in [-0.15, -0.1) is 0 Å². The van der Waals surface area contributed by atoms with Gasteiger partial charge in [-0.05, 0) is 30.2 Å². The quantitative estimate of drug-likeness (QED) is 0.619. The lowest BCUT2D eigenvalue weighted by molar-refractivity contribution is -0.118. The third-order valence-corrected chi connectivity index (χ3v) is 5.29. The molecule has 0 aliphatic rings. The first kappa shape index (κ1) is 17.9. The first-order valence-corrected chi connectivity index (χ1v) is 9.47. The van der Waals surface area contributed by atoms with Crippen molar-refractivity contribution in [3.8, 4) is 0 Å². The smallest absolute Gasteiger partial charge is 0.261 e. The van der Waals surface area contributed by atoms with E-state index in [1.807, 2.05) is 0 Å². The molecule has 0 spiro atoms. The number of nitrogens with one attached hydrogen (secondary N) is 3. The summed E-state index contributed by atoms with van der Waals surface area (Å²) in [6.45, 7) is 1.83. The summed E-state index contributed by atoms with van der Waals surface area (Å²) < 4.78 is 41.5. The minimum atomic E-state index is -3.83. The number of halogens is 1. The molecule has 8 heteroatoms. The normalized spacial score (nSPS) is 11.5. The fraction of sp³-hybridized carbons (Fsp3) is 0.167. The molecule has 0 aliphatic heterocycles. The van der Waals surface area contributed by atoms with Gasteiger partial charge in [0.15, 0.2) is 0 Å². The molecule has 1 heterocycles. The molecule has 0 saturated heterocycles. The number of hydrogen-bond acceptors (Lipinski definition) is 3. The van der Waals surface area contributed by atoms with E-state index in [0.29, 0.717) is 23.9 Å². The maximum atomic E-state index is 14.1. The minimum absolute atomic E-state index is 0.0925. The van der Waals surface area contributed by atoms with E-state index in [1.54, 1.807) is 24.4 Å². The highest BCUT2D eigenvalue weighted by atomic mass is 32.2. The first-order valence-electron chi connectivity index (χ1n) is 7.98. The number of fused-ring (bicyclic) bond motifs is 1. The second-order valence-corrected chi connectivity index (χ2v) is 7.52. The Morgan fingerprint density at radius 1 is 1.19 bits per heavy atom. The summed E-state index contributed by atoms with van der Waals surface area (Å²) in [7, 11) is -3.83. The van der Waals surface area contributed by atoms with Crippen LogP contribution in [-0.2, 0) is 21.2 Å². The minimum Gasteiger partial charge on any atom is -0.359 e. The zero-order valence-corrected chi connectivity index (χ0v) is 14.9. The molecular weight excluding hydrogens is 357 g/mol. The predicted molar refractivity (Wildman–Crippen MR) is 97.9 cm³/mol. The van der Waals surface area contributed by atoms with Gasteiger partial charge in [-0.1, -0.05) is 18.2 Å². The molecule has 6 nitrogen and oxygen atoms in total. The predicted octanol–water partition coefficient (Wildman–Crippen LogP) is 2.79. The third kappa shape index (κ3) is 3.85. The van der Waals surface area contributed by atoms with Crippen molar-refractivity contribution in [2.24, 2.45) is 0 Å². The largest absolute Gasteiger partial charge is 0.359 e. The molecule has 0 saturated carbocycles. The van der Waals surface area contributed by atoms with Crippen LogP contribution in [0.3, 0.4) is 0 Å². The Bertz CT molecular complexity index is 1050. The second-order valence-electron chi connectivity index (χ2n) is 5.84. The number of rotatable bonds is 6. The number of carbonyl (C=O) groups is 1. The lowest BCUT2D eigenvalue weighted by Gasteiger charge is -2.10. The van der Waals surface area contributed by atoms with Crippen molar-refractivity contribution in [3.05, 3.63) is 60.0 Å². The van der Waals surface area contributed by atoms with Crippen LogP contribution in [0.15, 0.2) is 53.6 Å². The number of carbonyl (C=O) groups excluding carboxylic acids is 1. The van der Waals surface area contributed by atoms with Crippen molar-refractivity contribution in [1.82, 2.24) is 10.3 Å². The van der Waals surface area contributed by atoms with Crippen LogP contribution < -0.4 is 10.0 Å². The van der Waals surface area contributed by atoms with Gasteiger partial charge in [0.2, 0.25) is 5.91 Å². The number of amides is 1. The molecule has 0 atom stereocenters. The van der Waals surface area contributed by atoms with Crippen molar-refractivity contribution in [3.63, 3.8) is 0 Å². The Balaban J connectivity index is 1.94. The zero-order chi connectivity index (χ0) is 18.7. The molecule has 0 bridgehead atoms. The van der Waals surface area contributed by atoms with Crippen molar-refractivity contribution in [2.45, 2.75) is 18.2 Å². The molecular formula is C18H18FN3O3S. The molecule has 26 heavy (non-hydrogen) atoms. The molecule has 3 N–H and O–H groups in total. The molecule has 0 radical (unpaired) electrons. The Morgan fingerprint density at radius 3 is 2.62 bits per heavy atom. The molecule has 3 rings (SSSR count). The summed E-state index contributed by atoms with van der Waals surface area (Å²) in [4.78, 5) is 14.1. The number of sulfonamides is 1. The summed E-state index contributed by atoms with van der Waals surface area (Å²) in [5, 5.41) is 3.25. The van der Waals surface area contributed by atoms with Gasteiger partial charge in [0.1, 0.15) is 5.82 Å². The maximum absolute atomic E-state index is 14.1. The van der Waals surface area contributed by atoms with Crippen LogP contribution in [0, 0.1) is 5.82 Å². The maximum Gasteiger partial charge on any atom is 0.261 e. The van der Waals surface area contributed by atoms with Gasteiger partial charge in [-0.3, -0.25) is 9.52 Å². The van der Waals surface area contributed by atoms with Gasteiger partial charge in [0.25, 0.3) is 10.0 Å². The van der Waals surface area contributed by atoms with Gasteiger partial charge in [0, 0.05) is 31.1 Å². The molecule has 136 valence electrons. The highest BCUT2D eigenvalue weighted by Crippen LogP contribution is 2.29. The van der Waals surface area contributed by atoms with Crippen molar-refractivity contribution >= 4 is 32.5 Å². The molecule has 0 unspecified atom stereocenters. The average Bonchev–Trinajstić information content (AvgIpc) is 2.98. The van der Waals surface area contributed by atoms with E-state index < -0.39 is 15.8 Å². The van der Waals surface area contributed by atoms with E-state index >= 15 is 0 Å². The van der Waals surface area contributed by atoms with Gasteiger partial charge in [-0.2, -0.15) is 0 Å². The fourth-order valence-corrected chi connectivity index (χ4v) is 3.80. The van der Waals surface area contributed by atoms with E-state index in [2.05, 4.69) is 15.0 Å². The molecule has 0 fully saturated rings. The summed E-state index contributed by atoms with van der Waals surface area (Å²) in [5.74, 6) is -0.698. The van der Waals surface area contributed by atoms with Gasteiger partial charge in [0.05, 0.1) is 16.1 Å². The lowest BCUT2D eigenvalue weighted by Crippen LogP contribution is -2.22. The monoisotopic (exact) mass is 375 g/mol. The third-order valence-electron chi connectivity index (χ3n) is 3.91. The number of aromatic nitrogens is 1. The highest BCUT2D eigenvalue weighted by Gasteiger charge is 2.17. The number of anilines is 1. The number of hydrogen-bond donors (Lipinski definition) is 3. The highest BCUT2D eigenvalue weighted by molar-refractivity contribution is 7.92. The van der Waals surface area contributed by atoms with Crippen LogP contribution in [0.1, 0.15) is 12.5 Å². The van der Waals surface area contributed by atoms with Crippen LogP contribution in [0.4, 0.5) is 10.1 Å².